The van der Waals surface area contributed by atoms with Gasteiger partial charge in [-0.1, -0.05) is 30.3 Å². The van der Waals surface area contributed by atoms with Gasteiger partial charge in [-0.3, -0.25) is 9.36 Å². The number of H-pyrrole nitrogens is 1. The maximum absolute atomic E-state index is 12.6. The minimum Gasteiger partial charge on any atom is -0.393 e. The number of hydrogen-bond acceptors (Lipinski definition) is 3. The van der Waals surface area contributed by atoms with Gasteiger partial charge in [0.1, 0.15) is 5.69 Å². The third kappa shape index (κ3) is 2.96. The number of aliphatic hydroxyl groups excluding tert-OH is 1. The number of nitrogens with one attached hydrogen (secondary N) is 1. The highest BCUT2D eigenvalue weighted by molar-refractivity contribution is 5.92. The molecule has 2 heterocycles. The van der Waals surface area contributed by atoms with E-state index in [1.807, 2.05) is 30.3 Å². The normalized spacial score (nSPS) is 16.0. The fraction of sp³-hybridized carbons (Fsp3) is 0.375. The van der Waals surface area contributed by atoms with E-state index < -0.39 is 0 Å². The Bertz CT molecular complexity index is 697. The van der Waals surface area contributed by atoms with Crippen molar-refractivity contribution in [2.45, 2.75) is 25.5 Å². The Kier molecular flexibility index (Phi) is 4.11. The number of rotatable bonds is 3. The summed E-state index contributed by atoms with van der Waals surface area (Å²) in [4.78, 5) is 28.9. The second kappa shape index (κ2) is 6.19. The summed E-state index contributed by atoms with van der Waals surface area (Å²) in [5.74, 6) is -0.166. The number of amides is 1. The van der Waals surface area contributed by atoms with Gasteiger partial charge in [-0.25, -0.2) is 4.79 Å². The number of aromatic nitrogens is 2. The van der Waals surface area contributed by atoms with E-state index in [2.05, 4.69) is 4.98 Å². The van der Waals surface area contributed by atoms with Gasteiger partial charge in [-0.05, 0) is 18.4 Å². The Morgan fingerprint density at radius 3 is 2.59 bits per heavy atom. The summed E-state index contributed by atoms with van der Waals surface area (Å²) in [5.41, 5.74) is 1.04. The van der Waals surface area contributed by atoms with E-state index in [4.69, 9.17) is 0 Å². The van der Waals surface area contributed by atoms with Crippen LogP contribution >= 0.6 is 0 Å². The maximum Gasteiger partial charge on any atom is 0.326 e. The molecule has 2 N–H and O–H groups in total. The summed E-state index contributed by atoms with van der Waals surface area (Å²) < 4.78 is 1.46. The molecule has 1 saturated heterocycles. The standard InChI is InChI=1S/C16H19N3O3/c20-13-6-8-18(9-7-13)15(21)14-10-17-16(22)19(14)11-12-4-2-1-3-5-12/h1-5,10,13,20H,6-9,11H2,(H,17,22). The molecule has 3 rings (SSSR count). The van der Waals surface area contributed by atoms with E-state index >= 15 is 0 Å². The van der Waals surface area contributed by atoms with Gasteiger partial charge in [-0.15, -0.1) is 0 Å². The molecule has 1 aliphatic rings. The molecular weight excluding hydrogens is 282 g/mol. The van der Waals surface area contributed by atoms with Gasteiger partial charge < -0.3 is 15.0 Å². The molecule has 2 aromatic rings. The fourth-order valence-corrected chi connectivity index (χ4v) is 2.73. The predicted octanol–water partition coefficient (Wildman–Crippen LogP) is 0.822. The predicted molar refractivity (Wildman–Crippen MR) is 81.7 cm³/mol. The number of piperidine rings is 1. The molecule has 1 aliphatic heterocycles. The van der Waals surface area contributed by atoms with Crippen molar-refractivity contribution in [3.63, 3.8) is 0 Å². The molecule has 0 bridgehead atoms. The summed E-state index contributed by atoms with van der Waals surface area (Å²) in [6.45, 7) is 1.40. The highest BCUT2D eigenvalue weighted by atomic mass is 16.3. The van der Waals surface area contributed by atoms with Crippen LogP contribution < -0.4 is 5.69 Å². The van der Waals surface area contributed by atoms with Crippen molar-refractivity contribution in [2.24, 2.45) is 0 Å². The lowest BCUT2D eigenvalue weighted by molar-refractivity contribution is 0.0537. The average molecular weight is 301 g/mol. The molecule has 0 saturated carbocycles. The zero-order chi connectivity index (χ0) is 15.5. The van der Waals surface area contributed by atoms with Crippen molar-refractivity contribution in [1.29, 1.82) is 0 Å². The Morgan fingerprint density at radius 2 is 1.91 bits per heavy atom. The first-order valence-electron chi connectivity index (χ1n) is 7.44. The molecule has 1 aromatic carbocycles. The first kappa shape index (κ1) is 14.6. The van der Waals surface area contributed by atoms with Crippen LogP contribution in [0.2, 0.25) is 0 Å². The third-order valence-corrected chi connectivity index (χ3v) is 4.02. The summed E-state index contributed by atoms with van der Waals surface area (Å²) >= 11 is 0. The van der Waals surface area contributed by atoms with Crippen LogP contribution in [0.5, 0.6) is 0 Å². The number of imidazole rings is 1. The molecule has 1 aromatic heterocycles. The van der Waals surface area contributed by atoms with Crippen molar-refractivity contribution >= 4 is 5.91 Å². The van der Waals surface area contributed by atoms with Crippen molar-refractivity contribution in [3.8, 4) is 0 Å². The highest BCUT2D eigenvalue weighted by Gasteiger charge is 2.25. The van der Waals surface area contributed by atoms with Crippen LogP contribution in [0.25, 0.3) is 0 Å². The van der Waals surface area contributed by atoms with Gasteiger partial charge in [0.05, 0.1) is 12.6 Å². The van der Waals surface area contributed by atoms with Gasteiger partial charge >= 0.3 is 5.69 Å². The van der Waals surface area contributed by atoms with E-state index in [-0.39, 0.29) is 17.7 Å². The summed E-state index contributed by atoms with van der Waals surface area (Å²) in [7, 11) is 0. The number of nitrogens with zero attached hydrogens (tertiary/aromatic N) is 2. The van der Waals surface area contributed by atoms with Gasteiger partial charge in [0.25, 0.3) is 5.91 Å². The van der Waals surface area contributed by atoms with E-state index in [0.717, 1.165) is 5.56 Å². The zero-order valence-corrected chi connectivity index (χ0v) is 12.2. The Hall–Kier alpha value is -2.34. The SMILES string of the molecule is O=C(c1c[nH]c(=O)n1Cc1ccccc1)N1CCC(O)CC1. The lowest BCUT2D eigenvalue weighted by atomic mass is 10.1. The molecule has 6 nitrogen and oxygen atoms in total. The van der Waals surface area contributed by atoms with Crippen LogP contribution in [0.4, 0.5) is 0 Å². The van der Waals surface area contributed by atoms with Crippen molar-refractivity contribution in [1.82, 2.24) is 14.5 Å². The molecule has 1 fully saturated rings. The van der Waals surface area contributed by atoms with Crippen LogP contribution in [0.3, 0.4) is 0 Å². The Labute approximate surface area is 128 Å². The molecule has 0 radical (unpaired) electrons. The Balaban J connectivity index is 1.82. The molecule has 0 unspecified atom stereocenters. The maximum atomic E-state index is 12.6. The summed E-state index contributed by atoms with van der Waals surface area (Å²) in [6, 6.07) is 9.56. The van der Waals surface area contributed by atoms with Gasteiger partial charge in [0, 0.05) is 19.3 Å². The number of likely N-dealkylation sites (tertiary alicyclic amines) is 1. The molecule has 0 atom stereocenters. The molecule has 22 heavy (non-hydrogen) atoms. The van der Waals surface area contributed by atoms with Crippen molar-refractivity contribution in [2.75, 3.05) is 13.1 Å². The molecule has 116 valence electrons. The van der Waals surface area contributed by atoms with E-state index in [1.165, 1.54) is 10.8 Å². The quantitative estimate of drug-likeness (QED) is 0.881. The van der Waals surface area contributed by atoms with Crippen LogP contribution in [0.1, 0.15) is 28.9 Å². The van der Waals surface area contributed by atoms with Crippen LogP contribution in [0.15, 0.2) is 41.3 Å². The van der Waals surface area contributed by atoms with Gasteiger partial charge in [-0.2, -0.15) is 0 Å². The molecular formula is C16H19N3O3. The molecule has 0 spiro atoms. The average Bonchev–Trinajstić information content (AvgIpc) is 2.89. The fourth-order valence-electron chi connectivity index (χ4n) is 2.73. The van der Waals surface area contributed by atoms with Crippen LogP contribution in [0, 0.1) is 0 Å². The second-order valence-electron chi connectivity index (χ2n) is 5.57. The van der Waals surface area contributed by atoms with E-state index in [0.29, 0.717) is 38.2 Å². The lowest BCUT2D eigenvalue weighted by Gasteiger charge is -2.29. The smallest absolute Gasteiger partial charge is 0.326 e. The second-order valence-corrected chi connectivity index (χ2v) is 5.57. The van der Waals surface area contributed by atoms with Gasteiger partial charge in [0.15, 0.2) is 0 Å². The molecule has 6 heteroatoms. The molecule has 0 aliphatic carbocycles. The minimum absolute atomic E-state index is 0.166. The number of hydrogen-bond donors (Lipinski definition) is 2. The monoisotopic (exact) mass is 301 g/mol. The Morgan fingerprint density at radius 1 is 1.23 bits per heavy atom. The largest absolute Gasteiger partial charge is 0.393 e. The minimum atomic E-state index is -0.332. The first-order chi connectivity index (χ1) is 10.6. The first-order valence-corrected chi connectivity index (χ1v) is 7.44. The lowest BCUT2D eigenvalue weighted by Crippen LogP contribution is -2.41. The highest BCUT2D eigenvalue weighted by Crippen LogP contribution is 2.13. The number of carbonyl (C=O) groups excluding carboxylic acids is 1. The van der Waals surface area contributed by atoms with E-state index in [1.54, 1.807) is 4.90 Å². The summed E-state index contributed by atoms with van der Waals surface area (Å²) in [6.07, 6.45) is 2.30. The van der Waals surface area contributed by atoms with Crippen molar-refractivity contribution < 1.29 is 9.90 Å². The third-order valence-electron chi connectivity index (χ3n) is 4.02. The number of benzene rings is 1. The molecule has 1 amide bonds. The van der Waals surface area contributed by atoms with Crippen LogP contribution in [-0.4, -0.2) is 44.7 Å². The zero-order valence-electron chi connectivity index (χ0n) is 12.2. The number of aromatic amines is 1. The van der Waals surface area contributed by atoms with E-state index in [9.17, 15) is 14.7 Å². The van der Waals surface area contributed by atoms with Crippen molar-refractivity contribution in [3.05, 3.63) is 58.3 Å². The summed E-state index contributed by atoms with van der Waals surface area (Å²) in [5, 5.41) is 9.53. The number of carbonyl (C=O) groups is 1. The topological polar surface area (TPSA) is 78.3 Å². The van der Waals surface area contributed by atoms with Gasteiger partial charge in [0.2, 0.25) is 0 Å². The number of aliphatic hydroxyl groups is 1. The van der Waals surface area contributed by atoms with Crippen LogP contribution in [-0.2, 0) is 6.54 Å².